The normalized spacial score (nSPS) is 19.3. The molecule has 2 aliphatic rings. The molecule has 6 rings (SSSR count). The molecule has 1 saturated heterocycles. The molecule has 0 aliphatic carbocycles. The van der Waals surface area contributed by atoms with Gasteiger partial charge in [-0.05, 0) is 72.8 Å². The van der Waals surface area contributed by atoms with Crippen molar-refractivity contribution < 1.29 is 17.9 Å². The second kappa shape index (κ2) is 11.3. The summed E-state index contributed by atoms with van der Waals surface area (Å²) in [7, 11) is -3.38. The molecular weight excluding hydrogens is 584 g/mol. The quantitative estimate of drug-likeness (QED) is 0.284. The van der Waals surface area contributed by atoms with Crippen molar-refractivity contribution in [2.24, 2.45) is 5.73 Å². The number of rotatable bonds is 7. The molecule has 222 valence electrons. The van der Waals surface area contributed by atoms with Crippen LogP contribution in [0.25, 0.3) is 16.7 Å². The summed E-state index contributed by atoms with van der Waals surface area (Å²) >= 11 is 6.75. The van der Waals surface area contributed by atoms with Gasteiger partial charge < -0.3 is 15.0 Å². The second-order valence-electron chi connectivity index (χ2n) is 11.4. The van der Waals surface area contributed by atoms with Crippen molar-refractivity contribution in [2.75, 3.05) is 19.3 Å². The average Bonchev–Trinajstić information content (AvgIpc) is 3.50. The molecule has 1 unspecified atom stereocenters. The molecule has 1 spiro atoms. The largest absolute Gasteiger partial charge is 0.448 e. The summed E-state index contributed by atoms with van der Waals surface area (Å²) < 4.78 is 32.4. The van der Waals surface area contributed by atoms with E-state index in [1.54, 1.807) is 24.3 Å². The van der Waals surface area contributed by atoms with E-state index in [0.717, 1.165) is 30.9 Å². The van der Waals surface area contributed by atoms with Crippen molar-refractivity contribution >= 4 is 33.0 Å². The van der Waals surface area contributed by atoms with Gasteiger partial charge in [0.15, 0.2) is 15.4 Å². The van der Waals surface area contributed by atoms with Gasteiger partial charge >= 0.3 is 5.97 Å². The number of esters is 1. The molecule has 10 heteroatoms. The Morgan fingerprint density at radius 1 is 1.05 bits per heavy atom. The first-order valence-electron chi connectivity index (χ1n) is 14.1. The predicted octanol–water partition coefficient (Wildman–Crippen LogP) is 5.23. The molecule has 1 aromatic heterocycles. The lowest BCUT2D eigenvalue weighted by atomic mass is 9.86. The maximum atomic E-state index is 13.4. The van der Waals surface area contributed by atoms with Crippen LogP contribution < -0.4 is 5.73 Å². The summed E-state index contributed by atoms with van der Waals surface area (Å²) in [5.41, 5.74) is 10.6. The van der Waals surface area contributed by atoms with E-state index in [1.165, 1.54) is 11.8 Å². The fourth-order valence-electron chi connectivity index (χ4n) is 6.10. The number of hydrogen-bond donors (Lipinski definition) is 1. The third-order valence-electron chi connectivity index (χ3n) is 8.31. The summed E-state index contributed by atoms with van der Waals surface area (Å²) in [5, 5.41) is 0.385. The van der Waals surface area contributed by atoms with Gasteiger partial charge in [0.25, 0.3) is 0 Å². The molecule has 1 atom stereocenters. The molecule has 0 radical (unpaired) electrons. The highest BCUT2D eigenvalue weighted by Gasteiger charge is 2.49. The molecule has 4 aromatic rings. The van der Waals surface area contributed by atoms with Gasteiger partial charge in [0, 0.05) is 42.3 Å². The Bertz CT molecular complexity index is 1850. The Morgan fingerprint density at radius 2 is 1.84 bits per heavy atom. The van der Waals surface area contributed by atoms with Crippen LogP contribution in [0, 0.1) is 6.92 Å². The highest BCUT2D eigenvalue weighted by atomic mass is 35.5. The number of piperidine rings is 1. The van der Waals surface area contributed by atoms with Crippen molar-refractivity contribution in [3.63, 3.8) is 0 Å². The van der Waals surface area contributed by atoms with Gasteiger partial charge in [-0.3, -0.25) is 4.90 Å². The number of hydrogen-bond acceptors (Lipinski definition) is 7. The predicted molar refractivity (Wildman–Crippen MR) is 167 cm³/mol. The van der Waals surface area contributed by atoms with Gasteiger partial charge in [-0.15, -0.1) is 0 Å². The van der Waals surface area contributed by atoms with E-state index in [0.29, 0.717) is 52.5 Å². The van der Waals surface area contributed by atoms with E-state index in [9.17, 15) is 13.2 Å². The summed E-state index contributed by atoms with van der Waals surface area (Å²) in [6.07, 6.45) is 6.41. The van der Waals surface area contributed by atoms with E-state index in [-0.39, 0.29) is 4.90 Å². The summed E-state index contributed by atoms with van der Waals surface area (Å²) in [6.45, 7) is 4.52. The molecule has 0 amide bonds. The number of nitrogens with two attached hydrogens (primary N) is 1. The van der Waals surface area contributed by atoms with Crippen LogP contribution in [0.3, 0.4) is 0 Å². The monoisotopic (exact) mass is 616 g/mol. The van der Waals surface area contributed by atoms with Crippen LogP contribution in [0.15, 0.2) is 89.7 Å². The van der Waals surface area contributed by atoms with Crippen molar-refractivity contribution in [2.45, 2.75) is 43.4 Å². The maximum Gasteiger partial charge on any atom is 0.341 e. The third-order valence-corrected chi connectivity index (χ3v) is 9.73. The molecule has 2 aliphatic heterocycles. The number of carbonyl (C=O) groups is 1. The third kappa shape index (κ3) is 5.72. The number of halogens is 1. The van der Waals surface area contributed by atoms with Crippen molar-refractivity contribution in [1.82, 2.24) is 14.5 Å². The van der Waals surface area contributed by atoms with Gasteiger partial charge in [-0.25, -0.2) is 18.2 Å². The van der Waals surface area contributed by atoms with Gasteiger partial charge in [0.1, 0.15) is 5.82 Å². The topological polar surface area (TPSA) is 108 Å². The van der Waals surface area contributed by atoms with Crippen LogP contribution >= 0.6 is 11.6 Å². The van der Waals surface area contributed by atoms with Crippen LogP contribution in [-0.2, 0) is 32.5 Å². The highest BCUT2D eigenvalue weighted by molar-refractivity contribution is 7.90. The fourth-order valence-corrected chi connectivity index (χ4v) is 7.04. The van der Waals surface area contributed by atoms with E-state index < -0.39 is 21.4 Å². The van der Waals surface area contributed by atoms with E-state index in [2.05, 4.69) is 26.6 Å². The van der Waals surface area contributed by atoms with Gasteiger partial charge in [0.05, 0.1) is 22.7 Å². The van der Waals surface area contributed by atoms with Gasteiger partial charge in [-0.2, -0.15) is 0 Å². The minimum absolute atomic E-state index is 0.209. The van der Waals surface area contributed by atoms with Crippen molar-refractivity contribution in [3.05, 3.63) is 112 Å². The van der Waals surface area contributed by atoms with Crippen LogP contribution in [0.1, 0.15) is 35.4 Å². The van der Waals surface area contributed by atoms with Crippen molar-refractivity contribution in [1.29, 1.82) is 0 Å². The Morgan fingerprint density at radius 3 is 2.60 bits per heavy atom. The van der Waals surface area contributed by atoms with Crippen LogP contribution in [0.4, 0.5) is 0 Å². The first-order chi connectivity index (χ1) is 20.5. The maximum absolute atomic E-state index is 13.4. The van der Waals surface area contributed by atoms with Gasteiger partial charge in [-0.1, -0.05) is 54.1 Å². The summed E-state index contributed by atoms with van der Waals surface area (Å²) in [6, 6.07) is 20.5. The van der Waals surface area contributed by atoms with Crippen LogP contribution in [0.2, 0.25) is 5.02 Å². The zero-order chi connectivity index (χ0) is 30.4. The number of nitrogens with zero attached hydrogens (tertiary/aromatic N) is 3. The number of carbonyl (C=O) groups excluding carboxylic acids is 1. The number of aromatic nitrogens is 2. The number of benzene rings is 3. The Kier molecular flexibility index (Phi) is 7.66. The molecule has 43 heavy (non-hydrogen) atoms. The minimum atomic E-state index is -3.38. The van der Waals surface area contributed by atoms with E-state index in [1.807, 2.05) is 49.6 Å². The molecule has 0 bridgehead atoms. The molecular formula is C33H33ClN4O4S. The molecule has 0 saturated carbocycles. The van der Waals surface area contributed by atoms with Gasteiger partial charge in [0.2, 0.25) is 0 Å². The summed E-state index contributed by atoms with van der Waals surface area (Å²) in [4.78, 5) is 20.5. The van der Waals surface area contributed by atoms with E-state index >= 15 is 0 Å². The molecule has 3 heterocycles. The molecule has 8 nitrogen and oxygen atoms in total. The lowest BCUT2D eigenvalue weighted by Gasteiger charge is -2.39. The lowest BCUT2D eigenvalue weighted by molar-refractivity contribution is -0.149. The minimum Gasteiger partial charge on any atom is -0.448 e. The fraction of sp³-hybridized carbons (Fsp3) is 0.273. The standard InChI is InChI=1S/C33H33ClN4O4S/c1-22-16-27(24-10-6-11-25(17-24)43(2,40)41)28(34)18-26(22)30-31(35)33(42-32(30)39)12-7-14-37(21-33)20-29-36-13-15-38(29)19-23-8-4-3-5-9-23/h3-6,8-11,13,15-18H,7,12,14,19-21,35H2,1-2H3. The zero-order valence-corrected chi connectivity index (χ0v) is 25.7. The smallest absolute Gasteiger partial charge is 0.341 e. The van der Waals surface area contributed by atoms with Crippen LogP contribution in [0.5, 0.6) is 0 Å². The number of aryl methyl sites for hydroxylation is 1. The summed E-state index contributed by atoms with van der Waals surface area (Å²) in [5.74, 6) is 0.474. The number of imidazole rings is 1. The highest BCUT2D eigenvalue weighted by Crippen LogP contribution is 2.43. The van der Waals surface area contributed by atoms with Crippen molar-refractivity contribution in [3.8, 4) is 11.1 Å². The number of sulfone groups is 1. The Balaban J connectivity index is 1.27. The number of likely N-dealkylation sites (tertiary alicyclic amines) is 1. The molecule has 2 N–H and O–H groups in total. The first-order valence-corrected chi connectivity index (χ1v) is 16.4. The second-order valence-corrected chi connectivity index (χ2v) is 13.8. The zero-order valence-electron chi connectivity index (χ0n) is 24.1. The lowest BCUT2D eigenvalue weighted by Crippen LogP contribution is -2.51. The Labute approximate surface area is 256 Å². The first kappa shape index (κ1) is 29.2. The Hall–Kier alpha value is -3.92. The molecule has 1 fully saturated rings. The SMILES string of the molecule is Cc1cc(-c2cccc(S(C)(=O)=O)c2)c(Cl)cc1C1=C(N)C2(CCCN(Cc3nccn3Cc3ccccc3)C2)OC1=O. The number of ether oxygens (including phenoxy) is 1. The van der Waals surface area contributed by atoms with Crippen LogP contribution in [-0.4, -0.2) is 53.8 Å². The average molecular weight is 617 g/mol. The van der Waals surface area contributed by atoms with E-state index in [4.69, 9.17) is 22.1 Å². The molecule has 3 aromatic carbocycles.